The standard InChI is InChI=1S/C6H13NO/c1-4-7-6(8)5(2)3/h6-8H,2,4H2,1,3H3. The van der Waals surface area contributed by atoms with Crippen molar-refractivity contribution in [2.45, 2.75) is 20.1 Å². The summed E-state index contributed by atoms with van der Waals surface area (Å²) in [5.41, 5.74) is 0.756. The summed E-state index contributed by atoms with van der Waals surface area (Å²) in [5.74, 6) is 0. The molecule has 0 aliphatic carbocycles. The highest BCUT2D eigenvalue weighted by Crippen LogP contribution is 1.90. The van der Waals surface area contributed by atoms with Crippen LogP contribution in [0, 0.1) is 0 Å². The van der Waals surface area contributed by atoms with Crippen LogP contribution >= 0.6 is 0 Å². The molecule has 1 atom stereocenters. The zero-order valence-electron chi connectivity index (χ0n) is 5.44. The number of nitrogens with one attached hydrogen (secondary N) is 1. The summed E-state index contributed by atoms with van der Waals surface area (Å²) >= 11 is 0. The fraction of sp³-hybridized carbons (Fsp3) is 0.667. The van der Waals surface area contributed by atoms with Crippen LogP contribution in [-0.2, 0) is 0 Å². The molecule has 2 nitrogen and oxygen atoms in total. The first-order valence-corrected chi connectivity index (χ1v) is 2.75. The molecule has 0 heterocycles. The Bertz CT molecular complexity index is 80.6. The second-order valence-electron chi connectivity index (χ2n) is 1.81. The van der Waals surface area contributed by atoms with Gasteiger partial charge < -0.3 is 5.11 Å². The normalized spacial score (nSPS) is 13.4. The molecule has 0 aromatic rings. The summed E-state index contributed by atoms with van der Waals surface area (Å²) in [5, 5.41) is 11.7. The lowest BCUT2D eigenvalue weighted by molar-refractivity contribution is 0.176. The van der Waals surface area contributed by atoms with Crippen LogP contribution in [0.15, 0.2) is 12.2 Å². The van der Waals surface area contributed by atoms with Crippen LogP contribution in [0.3, 0.4) is 0 Å². The molecule has 0 aromatic carbocycles. The lowest BCUT2D eigenvalue weighted by atomic mass is 10.3. The van der Waals surface area contributed by atoms with Gasteiger partial charge in [-0.3, -0.25) is 5.32 Å². The quantitative estimate of drug-likeness (QED) is 0.414. The Morgan fingerprint density at radius 2 is 2.38 bits per heavy atom. The Morgan fingerprint density at radius 3 is 2.50 bits per heavy atom. The third kappa shape index (κ3) is 2.77. The lowest BCUT2D eigenvalue weighted by Crippen LogP contribution is -2.28. The van der Waals surface area contributed by atoms with Crippen molar-refractivity contribution in [3.8, 4) is 0 Å². The van der Waals surface area contributed by atoms with E-state index in [9.17, 15) is 0 Å². The molecule has 1 unspecified atom stereocenters. The molecule has 0 saturated carbocycles. The van der Waals surface area contributed by atoms with E-state index in [1.54, 1.807) is 6.92 Å². The summed E-state index contributed by atoms with van der Waals surface area (Å²) in [6.45, 7) is 8.05. The SMILES string of the molecule is C=C(C)C(O)NCC. The smallest absolute Gasteiger partial charge is 0.126 e. The minimum absolute atomic E-state index is 0.528. The van der Waals surface area contributed by atoms with E-state index in [2.05, 4.69) is 11.9 Å². The van der Waals surface area contributed by atoms with Gasteiger partial charge in [-0.1, -0.05) is 13.5 Å². The number of aliphatic hydroxyl groups excluding tert-OH is 1. The number of rotatable bonds is 3. The highest BCUT2D eigenvalue weighted by atomic mass is 16.3. The number of hydrogen-bond donors (Lipinski definition) is 2. The van der Waals surface area contributed by atoms with Crippen molar-refractivity contribution in [2.24, 2.45) is 0 Å². The average Bonchev–Trinajstić information content (AvgIpc) is 1.67. The van der Waals surface area contributed by atoms with Gasteiger partial charge in [0.2, 0.25) is 0 Å². The van der Waals surface area contributed by atoms with E-state index in [4.69, 9.17) is 5.11 Å². The van der Waals surface area contributed by atoms with Crippen molar-refractivity contribution in [3.63, 3.8) is 0 Å². The monoisotopic (exact) mass is 115 g/mol. The highest BCUT2D eigenvalue weighted by Gasteiger charge is 1.97. The van der Waals surface area contributed by atoms with Gasteiger partial charge in [-0.25, -0.2) is 0 Å². The summed E-state index contributed by atoms with van der Waals surface area (Å²) in [7, 11) is 0. The van der Waals surface area contributed by atoms with E-state index >= 15 is 0 Å². The Labute approximate surface area is 50.2 Å². The van der Waals surface area contributed by atoms with E-state index in [1.807, 2.05) is 6.92 Å². The first-order valence-electron chi connectivity index (χ1n) is 2.75. The van der Waals surface area contributed by atoms with Gasteiger partial charge in [0.25, 0.3) is 0 Å². The van der Waals surface area contributed by atoms with E-state index in [0.717, 1.165) is 12.1 Å². The van der Waals surface area contributed by atoms with Crippen LogP contribution in [0.1, 0.15) is 13.8 Å². The van der Waals surface area contributed by atoms with Crippen LogP contribution in [0.4, 0.5) is 0 Å². The molecule has 0 aliphatic rings. The highest BCUT2D eigenvalue weighted by molar-refractivity contribution is 4.94. The Kier molecular flexibility index (Phi) is 3.48. The molecule has 0 bridgehead atoms. The van der Waals surface area contributed by atoms with Gasteiger partial charge in [0.05, 0.1) is 0 Å². The minimum atomic E-state index is -0.528. The second kappa shape index (κ2) is 3.64. The third-order valence-corrected chi connectivity index (χ3v) is 0.864. The maximum atomic E-state index is 8.92. The molecular weight excluding hydrogens is 102 g/mol. The van der Waals surface area contributed by atoms with Gasteiger partial charge in [-0.15, -0.1) is 0 Å². The van der Waals surface area contributed by atoms with E-state index in [0.29, 0.717) is 0 Å². The van der Waals surface area contributed by atoms with Crippen molar-refractivity contribution < 1.29 is 5.11 Å². The largest absolute Gasteiger partial charge is 0.375 e. The topological polar surface area (TPSA) is 32.3 Å². The molecule has 0 spiro atoms. The van der Waals surface area contributed by atoms with Crippen molar-refractivity contribution in [3.05, 3.63) is 12.2 Å². The summed E-state index contributed by atoms with van der Waals surface area (Å²) in [4.78, 5) is 0. The fourth-order valence-corrected chi connectivity index (χ4v) is 0.368. The molecule has 0 amide bonds. The summed E-state index contributed by atoms with van der Waals surface area (Å²) in [6, 6.07) is 0. The van der Waals surface area contributed by atoms with Crippen LogP contribution in [0.5, 0.6) is 0 Å². The summed E-state index contributed by atoms with van der Waals surface area (Å²) in [6.07, 6.45) is -0.528. The Morgan fingerprint density at radius 1 is 1.88 bits per heavy atom. The van der Waals surface area contributed by atoms with Crippen LogP contribution in [-0.4, -0.2) is 17.9 Å². The van der Waals surface area contributed by atoms with Crippen LogP contribution < -0.4 is 5.32 Å². The Balaban J connectivity index is 3.32. The maximum absolute atomic E-state index is 8.92. The summed E-state index contributed by atoms with van der Waals surface area (Å²) < 4.78 is 0. The molecule has 0 radical (unpaired) electrons. The molecule has 2 N–H and O–H groups in total. The fourth-order valence-electron chi connectivity index (χ4n) is 0.368. The van der Waals surface area contributed by atoms with Crippen molar-refractivity contribution in [1.29, 1.82) is 0 Å². The molecule has 0 saturated heterocycles. The van der Waals surface area contributed by atoms with Crippen LogP contribution in [0.2, 0.25) is 0 Å². The average molecular weight is 115 g/mol. The van der Waals surface area contributed by atoms with Gasteiger partial charge in [-0.2, -0.15) is 0 Å². The van der Waals surface area contributed by atoms with Crippen molar-refractivity contribution in [1.82, 2.24) is 5.32 Å². The first kappa shape index (κ1) is 7.66. The van der Waals surface area contributed by atoms with E-state index in [1.165, 1.54) is 0 Å². The predicted octanol–water partition coefficient (Wildman–Crippen LogP) is 0.490. The predicted molar refractivity (Wildman–Crippen MR) is 34.5 cm³/mol. The van der Waals surface area contributed by atoms with Gasteiger partial charge >= 0.3 is 0 Å². The molecule has 0 aromatic heterocycles. The van der Waals surface area contributed by atoms with Gasteiger partial charge in [0, 0.05) is 0 Å². The maximum Gasteiger partial charge on any atom is 0.126 e. The zero-order chi connectivity index (χ0) is 6.57. The number of likely N-dealkylation sites (N-methyl/N-ethyl adjacent to an activating group) is 1. The number of hydrogen-bond acceptors (Lipinski definition) is 2. The Hall–Kier alpha value is -0.340. The van der Waals surface area contributed by atoms with E-state index in [-0.39, 0.29) is 0 Å². The third-order valence-electron chi connectivity index (χ3n) is 0.864. The molecular formula is C6H13NO. The molecule has 0 fully saturated rings. The second-order valence-corrected chi connectivity index (χ2v) is 1.81. The first-order chi connectivity index (χ1) is 3.68. The van der Waals surface area contributed by atoms with Crippen LogP contribution in [0.25, 0.3) is 0 Å². The number of aliphatic hydroxyl groups is 1. The lowest BCUT2D eigenvalue weighted by Gasteiger charge is -2.08. The van der Waals surface area contributed by atoms with Gasteiger partial charge in [0.1, 0.15) is 6.23 Å². The minimum Gasteiger partial charge on any atom is -0.375 e. The molecule has 0 aliphatic heterocycles. The molecule has 0 rings (SSSR count). The van der Waals surface area contributed by atoms with Crippen molar-refractivity contribution in [2.75, 3.05) is 6.54 Å². The van der Waals surface area contributed by atoms with Gasteiger partial charge in [0.15, 0.2) is 0 Å². The molecule has 2 heteroatoms. The van der Waals surface area contributed by atoms with E-state index < -0.39 is 6.23 Å². The molecule has 8 heavy (non-hydrogen) atoms. The van der Waals surface area contributed by atoms with Gasteiger partial charge in [-0.05, 0) is 19.0 Å². The zero-order valence-corrected chi connectivity index (χ0v) is 5.44. The van der Waals surface area contributed by atoms with Crippen molar-refractivity contribution >= 4 is 0 Å². The molecule has 48 valence electrons.